The Hall–Kier alpha value is -1.02. The Morgan fingerprint density at radius 1 is 1.39 bits per heavy atom. The van der Waals surface area contributed by atoms with E-state index in [1.807, 2.05) is 0 Å². The second-order valence-electron chi connectivity index (χ2n) is 5.76. The first-order valence-electron chi connectivity index (χ1n) is 7.24. The van der Waals surface area contributed by atoms with Crippen LogP contribution in [-0.4, -0.2) is 26.2 Å². The summed E-state index contributed by atoms with van der Waals surface area (Å²) in [7, 11) is 0. The van der Waals surface area contributed by atoms with Crippen molar-refractivity contribution in [2.24, 2.45) is 11.8 Å². The number of nitrogens with one attached hydrogen (secondary N) is 1. The summed E-state index contributed by atoms with van der Waals surface area (Å²) in [5.41, 5.74) is 2.98. The lowest BCUT2D eigenvalue weighted by molar-refractivity contribution is 0.468. The van der Waals surface area contributed by atoms with Gasteiger partial charge in [0.1, 0.15) is 0 Å². The van der Waals surface area contributed by atoms with Gasteiger partial charge in [0.15, 0.2) is 0 Å². The van der Waals surface area contributed by atoms with Gasteiger partial charge < -0.3 is 10.2 Å². The Bertz CT molecular complexity index is 375. The third-order valence-electron chi connectivity index (χ3n) is 3.71. The third kappa shape index (κ3) is 3.26. The molecule has 0 fully saturated rings. The molecule has 2 nitrogen and oxygen atoms in total. The topological polar surface area (TPSA) is 15.3 Å². The second kappa shape index (κ2) is 6.24. The maximum atomic E-state index is 3.45. The van der Waals surface area contributed by atoms with Crippen molar-refractivity contribution < 1.29 is 0 Å². The summed E-state index contributed by atoms with van der Waals surface area (Å²) in [4.78, 5) is 2.57. The third-order valence-corrected chi connectivity index (χ3v) is 3.71. The first-order valence-corrected chi connectivity index (χ1v) is 7.24. The van der Waals surface area contributed by atoms with E-state index < -0.39 is 0 Å². The summed E-state index contributed by atoms with van der Waals surface area (Å²) in [5.74, 6) is 1.47. The van der Waals surface area contributed by atoms with E-state index in [1.165, 1.54) is 24.2 Å². The number of hydrogen-bond acceptors (Lipinski definition) is 2. The van der Waals surface area contributed by atoms with Crippen LogP contribution in [0, 0.1) is 11.8 Å². The predicted molar refractivity (Wildman–Crippen MR) is 79.2 cm³/mol. The Kier molecular flexibility index (Phi) is 4.65. The molecule has 2 rings (SSSR count). The number of nitrogens with zero attached hydrogens (tertiary/aromatic N) is 1. The molecule has 1 aliphatic heterocycles. The van der Waals surface area contributed by atoms with Gasteiger partial charge in [-0.1, -0.05) is 39.0 Å². The van der Waals surface area contributed by atoms with Gasteiger partial charge in [0, 0.05) is 18.8 Å². The molecular formula is C16H26N2. The summed E-state index contributed by atoms with van der Waals surface area (Å²) in [5, 5.41) is 3.45. The minimum atomic E-state index is 0.698. The molecule has 1 aromatic rings. The van der Waals surface area contributed by atoms with Crippen molar-refractivity contribution in [2.75, 3.05) is 31.1 Å². The lowest BCUT2D eigenvalue weighted by atomic mass is 9.93. The van der Waals surface area contributed by atoms with Crippen LogP contribution >= 0.6 is 0 Å². The summed E-state index contributed by atoms with van der Waals surface area (Å²) in [6.45, 7) is 11.4. The van der Waals surface area contributed by atoms with Crippen LogP contribution in [0.5, 0.6) is 0 Å². The van der Waals surface area contributed by atoms with Gasteiger partial charge in [-0.15, -0.1) is 0 Å². The van der Waals surface area contributed by atoms with Crippen molar-refractivity contribution >= 4 is 5.69 Å². The van der Waals surface area contributed by atoms with E-state index in [2.05, 4.69) is 55.3 Å². The molecule has 0 bridgehead atoms. The minimum absolute atomic E-state index is 0.698. The summed E-state index contributed by atoms with van der Waals surface area (Å²) >= 11 is 0. The standard InChI is InChI=1S/C16H26N2/c1-4-17-10-14(3)12-18-11-13(2)9-15-7-5-6-8-16(15)18/h5-8,13-14,17H,4,9-12H2,1-3H3. The normalized spacial score (nSPS) is 20.6. The largest absolute Gasteiger partial charge is 0.371 e. The maximum absolute atomic E-state index is 3.45. The van der Waals surface area contributed by atoms with Crippen LogP contribution in [0.1, 0.15) is 26.3 Å². The SMILES string of the molecule is CCNCC(C)CN1CC(C)Cc2ccccc21. The molecule has 1 heterocycles. The molecule has 2 unspecified atom stereocenters. The van der Waals surface area contributed by atoms with E-state index in [4.69, 9.17) is 0 Å². The molecule has 18 heavy (non-hydrogen) atoms. The molecular weight excluding hydrogens is 220 g/mol. The van der Waals surface area contributed by atoms with Crippen LogP contribution in [0.25, 0.3) is 0 Å². The number of hydrogen-bond donors (Lipinski definition) is 1. The first kappa shape index (κ1) is 13.4. The number of anilines is 1. The van der Waals surface area contributed by atoms with Crippen LogP contribution in [-0.2, 0) is 6.42 Å². The summed E-state index contributed by atoms with van der Waals surface area (Å²) in [6, 6.07) is 8.89. The maximum Gasteiger partial charge on any atom is 0.0399 e. The number of fused-ring (bicyclic) bond motifs is 1. The zero-order valence-corrected chi connectivity index (χ0v) is 11.9. The number of rotatable bonds is 5. The number of benzene rings is 1. The van der Waals surface area contributed by atoms with E-state index in [0.717, 1.165) is 25.6 Å². The molecule has 0 amide bonds. The molecule has 2 heteroatoms. The van der Waals surface area contributed by atoms with Crippen molar-refractivity contribution in [3.05, 3.63) is 29.8 Å². The molecule has 0 radical (unpaired) electrons. The van der Waals surface area contributed by atoms with Crippen LogP contribution in [0.3, 0.4) is 0 Å². The smallest absolute Gasteiger partial charge is 0.0399 e. The average Bonchev–Trinajstić information content (AvgIpc) is 2.36. The highest BCUT2D eigenvalue weighted by Crippen LogP contribution is 2.29. The fraction of sp³-hybridized carbons (Fsp3) is 0.625. The van der Waals surface area contributed by atoms with Crippen LogP contribution in [0.4, 0.5) is 5.69 Å². The summed E-state index contributed by atoms with van der Waals surface area (Å²) < 4.78 is 0. The van der Waals surface area contributed by atoms with E-state index in [1.54, 1.807) is 0 Å². The first-order chi connectivity index (χ1) is 8.70. The van der Waals surface area contributed by atoms with Gasteiger partial charge in [0.2, 0.25) is 0 Å². The van der Waals surface area contributed by atoms with Gasteiger partial charge in [0.25, 0.3) is 0 Å². The quantitative estimate of drug-likeness (QED) is 0.859. The zero-order valence-electron chi connectivity index (χ0n) is 11.9. The van der Waals surface area contributed by atoms with Gasteiger partial charge in [-0.3, -0.25) is 0 Å². The lowest BCUT2D eigenvalue weighted by Crippen LogP contribution is -2.39. The molecule has 1 N–H and O–H groups in total. The Labute approximate surface area is 111 Å². The van der Waals surface area contributed by atoms with Crippen molar-refractivity contribution in [1.82, 2.24) is 5.32 Å². The highest BCUT2D eigenvalue weighted by atomic mass is 15.1. The Morgan fingerprint density at radius 3 is 2.94 bits per heavy atom. The van der Waals surface area contributed by atoms with Gasteiger partial charge in [-0.25, -0.2) is 0 Å². The van der Waals surface area contributed by atoms with E-state index in [0.29, 0.717) is 5.92 Å². The molecule has 0 saturated heterocycles. The molecule has 2 atom stereocenters. The predicted octanol–water partition coefficient (Wildman–Crippen LogP) is 2.93. The van der Waals surface area contributed by atoms with E-state index in [9.17, 15) is 0 Å². The highest BCUT2D eigenvalue weighted by Gasteiger charge is 2.22. The molecule has 0 aliphatic carbocycles. The zero-order chi connectivity index (χ0) is 13.0. The molecule has 1 aliphatic rings. The number of para-hydroxylation sites is 1. The molecule has 0 aromatic heterocycles. The van der Waals surface area contributed by atoms with Crippen molar-refractivity contribution in [1.29, 1.82) is 0 Å². The Morgan fingerprint density at radius 2 is 2.17 bits per heavy atom. The fourth-order valence-corrected chi connectivity index (χ4v) is 2.91. The summed E-state index contributed by atoms with van der Waals surface area (Å²) in [6.07, 6.45) is 1.23. The van der Waals surface area contributed by atoms with Crippen LogP contribution in [0.15, 0.2) is 24.3 Å². The van der Waals surface area contributed by atoms with Gasteiger partial charge in [0.05, 0.1) is 0 Å². The van der Waals surface area contributed by atoms with E-state index in [-0.39, 0.29) is 0 Å². The molecule has 0 spiro atoms. The van der Waals surface area contributed by atoms with Gasteiger partial charge in [-0.2, -0.15) is 0 Å². The lowest BCUT2D eigenvalue weighted by Gasteiger charge is -2.36. The monoisotopic (exact) mass is 246 g/mol. The van der Waals surface area contributed by atoms with Crippen LogP contribution < -0.4 is 10.2 Å². The fourth-order valence-electron chi connectivity index (χ4n) is 2.91. The van der Waals surface area contributed by atoms with Crippen molar-refractivity contribution in [2.45, 2.75) is 27.2 Å². The van der Waals surface area contributed by atoms with Crippen LogP contribution in [0.2, 0.25) is 0 Å². The molecule has 100 valence electrons. The highest BCUT2D eigenvalue weighted by molar-refractivity contribution is 5.55. The average molecular weight is 246 g/mol. The van der Waals surface area contributed by atoms with Crippen molar-refractivity contribution in [3.8, 4) is 0 Å². The second-order valence-corrected chi connectivity index (χ2v) is 5.76. The molecule has 1 aromatic carbocycles. The molecule has 0 saturated carbocycles. The minimum Gasteiger partial charge on any atom is -0.371 e. The van der Waals surface area contributed by atoms with E-state index >= 15 is 0 Å². The Balaban J connectivity index is 2.04. The van der Waals surface area contributed by atoms with Gasteiger partial charge >= 0.3 is 0 Å². The van der Waals surface area contributed by atoms with Crippen molar-refractivity contribution in [3.63, 3.8) is 0 Å². The van der Waals surface area contributed by atoms with Gasteiger partial charge in [-0.05, 0) is 43.0 Å².